The van der Waals surface area contributed by atoms with Crippen LogP contribution in [-0.4, -0.2) is 27.2 Å². The molecule has 1 heterocycles. The molecule has 3 N–H and O–H groups in total. The van der Waals surface area contributed by atoms with Crippen LogP contribution in [0.2, 0.25) is 0 Å². The van der Waals surface area contributed by atoms with Crippen molar-refractivity contribution in [1.82, 2.24) is 9.71 Å². The number of nitrogens with two attached hydrogens (primary N) is 1. The van der Waals surface area contributed by atoms with Gasteiger partial charge in [0.25, 0.3) is 0 Å². The maximum Gasteiger partial charge on any atom is 0.198 e. The highest BCUT2D eigenvalue weighted by molar-refractivity contribution is 5.96. The molecule has 14 heavy (non-hydrogen) atoms. The van der Waals surface area contributed by atoms with Gasteiger partial charge < -0.3 is 10.9 Å². The molecular weight excluding hydrogens is 182 g/mol. The number of hydrogen-bond donors (Lipinski definition) is 2. The van der Waals surface area contributed by atoms with Crippen LogP contribution in [0, 0.1) is 6.92 Å². The fourth-order valence-corrected chi connectivity index (χ4v) is 1.33. The van der Waals surface area contributed by atoms with Gasteiger partial charge >= 0.3 is 0 Å². The molecule has 0 saturated heterocycles. The van der Waals surface area contributed by atoms with Crippen molar-refractivity contribution in [2.75, 3.05) is 6.54 Å². The van der Waals surface area contributed by atoms with E-state index in [1.165, 1.54) is 0 Å². The summed E-state index contributed by atoms with van der Waals surface area (Å²) in [6.45, 7) is 5.35. The Morgan fingerprint density at radius 2 is 2.21 bits per heavy atom. The number of Topliss-reactive ketones (excluding diaryl/α,β-unsaturated/α-hetero) is 1. The SMILES string of the molecule is Cc1nc(C(C)C)n(O)c1C(=O)CN. The van der Waals surface area contributed by atoms with E-state index in [1.807, 2.05) is 13.8 Å². The summed E-state index contributed by atoms with van der Waals surface area (Å²) < 4.78 is 0.842. The lowest BCUT2D eigenvalue weighted by molar-refractivity contribution is 0.0943. The number of carbonyl (C=O) groups excluding carboxylic acids is 1. The molecule has 78 valence electrons. The summed E-state index contributed by atoms with van der Waals surface area (Å²) in [6.07, 6.45) is 0. The van der Waals surface area contributed by atoms with Gasteiger partial charge in [0.15, 0.2) is 5.78 Å². The van der Waals surface area contributed by atoms with Crippen LogP contribution in [-0.2, 0) is 0 Å². The van der Waals surface area contributed by atoms with E-state index in [9.17, 15) is 10.0 Å². The molecule has 0 atom stereocenters. The molecule has 0 aliphatic heterocycles. The number of ketones is 1. The number of aryl methyl sites for hydroxylation is 1. The molecule has 0 spiro atoms. The molecule has 0 fully saturated rings. The highest BCUT2D eigenvalue weighted by Crippen LogP contribution is 2.16. The number of imidazole rings is 1. The van der Waals surface area contributed by atoms with E-state index in [-0.39, 0.29) is 23.9 Å². The van der Waals surface area contributed by atoms with Gasteiger partial charge in [0.2, 0.25) is 0 Å². The van der Waals surface area contributed by atoms with Crippen molar-refractivity contribution in [3.63, 3.8) is 0 Å². The largest absolute Gasteiger partial charge is 0.426 e. The standard InChI is InChI=1S/C9H15N3O2/c1-5(2)9-11-6(3)8(12(9)14)7(13)4-10/h5,14H,4,10H2,1-3H3. The van der Waals surface area contributed by atoms with Crippen LogP contribution in [0.5, 0.6) is 0 Å². The van der Waals surface area contributed by atoms with E-state index in [0.717, 1.165) is 4.73 Å². The van der Waals surface area contributed by atoms with Gasteiger partial charge in [-0.05, 0) is 6.92 Å². The zero-order valence-electron chi connectivity index (χ0n) is 8.61. The smallest absolute Gasteiger partial charge is 0.198 e. The number of nitrogens with zero attached hydrogens (tertiary/aromatic N) is 2. The monoisotopic (exact) mass is 197 g/mol. The molecule has 0 saturated carbocycles. The summed E-state index contributed by atoms with van der Waals surface area (Å²) in [4.78, 5) is 15.5. The summed E-state index contributed by atoms with van der Waals surface area (Å²) in [7, 11) is 0. The van der Waals surface area contributed by atoms with Crippen molar-refractivity contribution < 1.29 is 10.0 Å². The lowest BCUT2D eigenvalue weighted by Crippen LogP contribution is -2.18. The van der Waals surface area contributed by atoms with Gasteiger partial charge in [-0.2, -0.15) is 4.73 Å². The maximum atomic E-state index is 11.3. The van der Waals surface area contributed by atoms with Crippen molar-refractivity contribution in [2.45, 2.75) is 26.7 Å². The summed E-state index contributed by atoms with van der Waals surface area (Å²) in [5.41, 5.74) is 5.94. The maximum absolute atomic E-state index is 11.3. The Morgan fingerprint density at radius 3 is 2.57 bits per heavy atom. The van der Waals surface area contributed by atoms with Crippen LogP contribution in [0.1, 0.15) is 41.8 Å². The predicted molar refractivity (Wildman–Crippen MR) is 51.6 cm³/mol. The highest BCUT2D eigenvalue weighted by atomic mass is 16.5. The minimum absolute atomic E-state index is 0.0676. The van der Waals surface area contributed by atoms with Gasteiger partial charge in [-0.1, -0.05) is 13.8 Å². The molecule has 5 heteroatoms. The molecular formula is C9H15N3O2. The third kappa shape index (κ3) is 1.63. The average molecular weight is 197 g/mol. The topological polar surface area (TPSA) is 81.1 Å². The summed E-state index contributed by atoms with van der Waals surface area (Å²) in [6, 6.07) is 0. The van der Waals surface area contributed by atoms with Crippen LogP contribution in [0.25, 0.3) is 0 Å². The Balaban J connectivity index is 3.24. The van der Waals surface area contributed by atoms with Crippen molar-refractivity contribution in [3.05, 3.63) is 17.2 Å². The second-order valence-electron chi connectivity index (χ2n) is 3.50. The van der Waals surface area contributed by atoms with Crippen molar-refractivity contribution >= 4 is 5.78 Å². The molecule has 1 aromatic rings. The van der Waals surface area contributed by atoms with Crippen molar-refractivity contribution in [2.24, 2.45) is 5.73 Å². The molecule has 0 radical (unpaired) electrons. The summed E-state index contributed by atoms with van der Waals surface area (Å²) >= 11 is 0. The van der Waals surface area contributed by atoms with Crippen LogP contribution in [0.3, 0.4) is 0 Å². The second-order valence-corrected chi connectivity index (χ2v) is 3.50. The Bertz CT molecular complexity index is 355. The lowest BCUT2D eigenvalue weighted by Gasteiger charge is -2.04. The minimum Gasteiger partial charge on any atom is -0.426 e. The van der Waals surface area contributed by atoms with E-state index in [4.69, 9.17) is 5.73 Å². The van der Waals surface area contributed by atoms with E-state index < -0.39 is 0 Å². The van der Waals surface area contributed by atoms with Gasteiger partial charge in [0.1, 0.15) is 11.5 Å². The van der Waals surface area contributed by atoms with Gasteiger partial charge in [0.05, 0.1) is 12.2 Å². The third-order valence-electron chi connectivity index (χ3n) is 2.02. The van der Waals surface area contributed by atoms with E-state index in [1.54, 1.807) is 6.92 Å². The van der Waals surface area contributed by atoms with Crippen LogP contribution in [0.4, 0.5) is 0 Å². The Hall–Kier alpha value is -1.36. The number of hydrogen-bond acceptors (Lipinski definition) is 4. The minimum atomic E-state index is -0.301. The molecule has 0 amide bonds. The van der Waals surface area contributed by atoms with Gasteiger partial charge in [-0.3, -0.25) is 4.79 Å². The average Bonchev–Trinajstić information content (AvgIpc) is 2.41. The number of rotatable bonds is 3. The molecule has 0 aromatic carbocycles. The predicted octanol–water partition coefficient (Wildman–Crippen LogP) is 0.694. The zero-order chi connectivity index (χ0) is 10.9. The fourth-order valence-electron chi connectivity index (χ4n) is 1.33. The second kappa shape index (κ2) is 3.79. The van der Waals surface area contributed by atoms with E-state index in [0.29, 0.717) is 11.5 Å². The number of carbonyl (C=O) groups is 1. The van der Waals surface area contributed by atoms with Crippen LogP contribution in [0.15, 0.2) is 0 Å². The zero-order valence-corrected chi connectivity index (χ0v) is 8.61. The quantitative estimate of drug-likeness (QED) is 0.552. The van der Waals surface area contributed by atoms with E-state index in [2.05, 4.69) is 4.98 Å². The molecule has 0 aliphatic carbocycles. The van der Waals surface area contributed by atoms with Crippen LogP contribution >= 0.6 is 0 Å². The van der Waals surface area contributed by atoms with Crippen LogP contribution < -0.4 is 5.73 Å². The van der Waals surface area contributed by atoms with Crippen molar-refractivity contribution in [3.8, 4) is 0 Å². The fraction of sp³-hybridized carbons (Fsp3) is 0.556. The molecule has 1 aromatic heterocycles. The molecule has 0 bridgehead atoms. The van der Waals surface area contributed by atoms with Gasteiger partial charge in [-0.15, -0.1) is 0 Å². The normalized spacial score (nSPS) is 10.9. The number of aromatic nitrogens is 2. The molecule has 0 unspecified atom stereocenters. The first-order valence-corrected chi connectivity index (χ1v) is 4.50. The first-order valence-electron chi connectivity index (χ1n) is 4.50. The Kier molecular flexibility index (Phi) is 2.90. The van der Waals surface area contributed by atoms with Crippen molar-refractivity contribution in [1.29, 1.82) is 0 Å². The third-order valence-corrected chi connectivity index (χ3v) is 2.02. The first kappa shape index (κ1) is 10.7. The highest BCUT2D eigenvalue weighted by Gasteiger charge is 2.20. The summed E-state index contributed by atoms with van der Waals surface area (Å²) in [5, 5.41) is 9.66. The molecule has 5 nitrogen and oxygen atoms in total. The summed E-state index contributed by atoms with van der Waals surface area (Å²) in [5.74, 6) is 0.252. The lowest BCUT2D eigenvalue weighted by atomic mass is 10.2. The van der Waals surface area contributed by atoms with E-state index >= 15 is 0 Å². The first-order chi connectivity index (χ1) is 6.49. The Morgan fingerprint density at radius 1 is 1.64 bits per heavy atom. The molecule has 1 rings (SSSR count). The molecule has 0 aliphatic rings. The van der Waals surface area contributed by atoms with Gasteiger partial charge in [0, 0.05) is 5.92 Å². The van der Waals surface area contributed by atoms with Gasteiger partial charge in [-0.25, -0.2) is 4.98 Å². The Labute approximate surface area is 82.5 Å².